The predicted octanol–water partition coefficient (Wildman–Crippen LogP) is 1.19. The summed E-state index contributed by atoms with van der Waals surface area (Å²) in [5, 5.41) is 1.17. The lowest BCUT2D eigenvalue weighted by atomic mass is 10.2. The molecule has 0 spiro atoms. The number of nitrogens with zero attached hydrogens (tertiary/aromatic N) is 2. The fourth-order valence-corrected chi connectivity index (χ4v) is 2.67. The second-order valence-corrected chi connectivity index (χ2v) is 4.67. The number of hydrogen-bond acceptors (Lipinski definition) is 3. The molecule has 72 valence electrons. The largest absolute Gasteiger partial charge is 0.328 e. The van der Waals surface area contributed by atoms with Gasteiger partial charge < -0.3 is 10.3 Å². The maximum Gasteiger partial charge on any atom is 0.168 e. The molecule has 2 rings (SSSR count). The first-order valence-corrected chi connectivity index (χ1v) is 5.61. The van der Waals surface area contributed by atoms with Gasteiger partial charge in [0.2, 0.25) is 0 Å². The SMILES string of the molecule is Cc1c(CC(C)N)nc2n1CCS2. The average molecular weight is 197 g/mol. The Kier molecular flexibility index (Phi) is 2.34. The Morgan fingerprint density at radius 2 is 2.46 bits per heavy atom. The molecule has 0 aromatic carbocycles. The van der Waals surface area contributed by atoms with Gasteiger partial charge in [0.15, 0.2) is 5.16 Å². The van der Waals surface area contributed by atoms with Crippen molar-refractivity contribution in [3.63, 3.8) is 0 Å². The van der Waals surface area contributed by atoms with Crippen LogP contribution in [-0.4, -0.2) is 21.3 Å². The summed E-state index contributed by atoms with van der Waals surface area (Å²) in [7, 11) is 0. The van der Waals surface area contributed by atoms with Gasteiger partial charge >= 0.3 is 0 Å². The molecule has 1 aromatic rings. The second-order valence-electron chi connectivity index (χ2n) is 3.61. The minimum Gasteiger partial charge on any atom is -0.328 e. The topological polar surface area (TPSA) is 43.8 Å². The monoisotopic (exact) mass is 197 g/mol. The van der Waals surface area contributed by atoms with E-state index in [1.165, 1.54) is 22.3 Å². The van der Waals surface area contributed by atoms with Crippen molar-refractivity contribution in [1.29, 1.82) is 0 Å². The van der Waals surface area contributed by atoms with Crippen LogP contribution in [0.2, 0.25) is 0 Å². The highest BCUT2D eigenvalue weighted by molar-refractivity contribution is 7.99. The molecule has 0 saturated heterocycles. The van der Waals surface area contributed by atoms with Crippen LogP contribution in [0.1, 0.15) is 18.3 Å². The number of hydrogen-bond donors (Lipinski definition) is 1. The molecule has 1 aliphatic heterocycles. The van der Waals surface area contributed by atoms with Crippen LogP contribution in [0, 0.1) is 6.92 Å². The molecular weight excluding hydrogens is 182 g/mol. The molecule has 0 fully saturated rings. The summed E-state index contributed by atoms with van der Waals surface area (Å²) in [5.41, 5.74) is 8.24. The van der Waals surface area contributed by atoms with E-state index in [1.54, 1.807) is 0 Å². The summed E-state index contributed by atoms with van der Waals surface area (Å²) in [6.45, 7) is 5.27. The van der Waals surface area contributed by atoms with E-state index in [2.05, 4.69) is 16.5 Å². The molecule has 1 atom stereocenters. The van der Waals surface area contributed by atoms with Gasteiger partial charge in [-0.1, -0.05) is 11.8 Å². The number of thioether (sulfide) groups is 1. The van der Waals surface area contributed by atoms with Crippen LogP contribution in [0.15, 0.2) is 5.16 Å². The highest BCUT2D eigenvalue weighted by Crippen LogP contribution is 2.27. The Balaban J connectivity index is 2.28. The number of nitrogens with two attached hydrogens (primary N) is 1. The highest BCUT2D eigenvalue weighted by Gasteiger charge is 2.18. The zero-order chi connectivity index (χ0) is 9.42. The first-order valence-electron chi connectivity index (χ1n) is 4.63. The molecule has 0 bridgehead atoms. The van der Waals surface area contributed by atoms with Gasteiger partial charge in [-0.05, 0) is 13.8 Å². The van der Waals surface area contributed by atoms with Crippen molar-refractivity contribution >= 4 is 11.8 Å². The highest BCUT2D eigenvalue weighted by atomic mass is 32.2. The van der Waals surface area contributed by atoms with E-state index in [-0.39, 0.29) is 6.04 Å². The average Bonchev–Trinajstić information content (AvgIpc) is 2.56. The lowest BCUT2D eigenvalue weighted by Gasteiger charge is -2.04. The van der Waals surface area contributed by atoms with Crippen molar-refractivity contribution in [1.82, 2.24) is 9.55 Å². The van der Waals surface area contributed by atoms with Crippen molar-refractivity contribution in [2.45, 2.75) is 38.0 Å². The molecule has 2 heterocycles. The fraction of sp³-hybridized carbons (Fsp3) is 0.667. The van der Waals surface area contributed by atoms with Gasteiger partial charge in [0, 0.05) is 30.5 Å². The minimum atomic E-state index is 0.208. The van der Waals surface area contributed by atoms with Crippen molar-refractivity contribution in [2.24, 2.45) is 5.73 Å². The third-order valence-corrected chi connectivity index (χ3v) is 3.30. The quantitative estimate of drug-likeness (QED) is 0.774. The zero-order valence-corrected chi connectivity index (χ0v) is 8.90. The van der Waals surface area contributed by atoms with E-state index in [9.17, 15) is 0 Å². The van der Waals surface area contributed by atoms with E-state index in [0.29, 0.717) is 0 Å². The Hall–Kier alpha value is -0.480. The van der Waals surface area contributed by atoms with E-state index < -0.39 is 0 Å². The molecule has 0 saturated carbocycles. The van der Waals surface area contributed by atoms with E-state index in [0.717, 1.165) is 13.0 Å². The standard InChI is InChI=1S/C9H15N3S/c1-6(10)5-8-7(2)12-3-4-13-9(12)11-8/h6H,3-5,10H2,1-2H3. The maximum atomic E-state index is 5.76. The van der Waals surface area contributed by atoms with Crippen LogP contribution < -0.4 is 5.73 Å². The zero-order valence-electron chi connectivity index (χ0n) is 8.08. The lowest BCUT2D eigenvalue weighted by molar-refractivity contribution is 0.695. The van der Waals surface area contributed by atoms with Crippen LogP contribution in [-0.2, 0) is 13.0 Å². The molecule has 0 aliphatic carbocycles. The summed E-state index contributed by atoms with van der Waals surface area (Å²) in [6, 6.07) is 0.208. The van der Waals surface area contributed by atoms with Crippen molar-refractivity contribution in [3.05, 3.63) is 11.4 Å². The Morgan fingerprint density at radius 1 is 1.69 bits per heavy atom. The maximum absolute atomic E-state index is 5.76. The summed E-state index contributed by atoms with van der Waals surface area (Å²) >= 11 is 1.84. The van der Waals surface area contributed by atoms with Crippen molar-refractivity contribution in [3.8, 4) is 0 Å². The van der Waals surface area contributed by atoms with Gasteiger partial charge in [0.1, 0.15) is 0 Å². The van der Waals surface area contributed by atoms with Crippen LogP contribution in [0.3, 0.4) is 0 Å². The summed E-state index contributed by atoms with van der Waals surface area (Å²) in [6.07, 6.45) is 0.895. The van der Waals surface area contributed by atoms with E-state index in [4.69, 9.17) is 5.73 Å². The Bertz CT molecular complexity index is 317. The molecular formula is C9H15N3S. The number of fused-ring (bicyclic) bond motifs is 1. The Morgan fingerprint density at radius 3 is 3.08 bits per heavy atom. The van der Waals surface area contributed by atoms with Crippen LogP contribution in [0.5, 0.6) is 0 Å². The van der Waals surface area contributed by atoms with Gasteiger partial charge in [-0.2, -0.15) is 0 Å². The molecule has 0 radical (unpaired) electrons. The molecule has 4 heteroatoms. The molecule has 1 aromatic heterocycles. The first-order chi connectivity index (χ1) is 6.18. The normalized spacial score (nSPS) is 17.5. The second kappa shape index (κ2) is 3.35. The molecule has 2 N–H and O–H groups in total. The summed E-state index contributed by atoms with van der Waals surface area (Å²) in [5.74, 6) is 1.17. The number of imidazole rings is 1. The number of aromatic nitrogens is 2. The summed E-state index contributed by atoms with van der Waals surface area (Å²) in [4.78, 5) is 4.58. The number of rotatable bonds is 2. The Labute approximate surface area is 82.7 Å². The third kappa shape index (κ3) is 1.60. The van der Waals surface area contributed by atoms with Gasteiger partial charge in [0.05, 0.1) is 5.69 Å². The van der Waals surface area contributed by atoms with Crippen LogP contribution >= 0.6 is 11.8 Å². The van der Waals surface area contributed by atoms with E-state index in [1.807, 2.05) is 18.7 Å². The molecule has 3 nitrogen and oxygen atoms in total. The lowest BCUT2D eigenvalue weighted by Crippen LogP contribution is -2.18. The minimum absolute atomic E-state index is 0.208. The smallest absolute Gasteiger partial charge is 0.168 e. The van der Waals surface area contributed by atoms with Gasteiger partial charge in [0.25, 0.3) is 0 Å². The molecule has 1 aliphatic rings. The third-order valence-electron chi connectivity index (χ3n) is 2.35. The predicted molar refractivity (Wildman–Crippen MR) is 55.0 cm³/mol. The molecule has 1 unspecified atom stereocenters. The van der Waals surface area contributed by atoms with Crippen molar-refractivity contribution in [2.75, 3.05) is 5.75 Å². The summed E-state index contributed by atoms with van der Waals surface area (Å²) < 4.78 is 2.29. The van der Waals surface area contributed by atoms with Crippen LogP contribution in [0.4, 0.5) is 0 Å². The molecule has 13 heavy (non-hydrogen) atoms. The molecule has 0 amide bonds. The van der Waals surface area contributed by atoms with Crippen molar-refractivity contribution < 1.29 is 0 Å². The first kappa shape index (κ1) is 9.09. The van der Waals surface area contributed by atoms with Gasteiger partial charge in [-0.15, -0.1) is 0 Å². The van der Waals surface area contributed by atoms with Crippen LogP contribution in [0.25, 0.3) is 0 Å². The fourth-order valence-electron chi connectivity index (χ4n) is 1.66. The van der Waals surface area contributed by atoms with Gasteiger partial charge in [-0.3, -0.25) is 0 Å². The van der Waals surface area contributed by atoms with Gasteiger partial charge in [-0.25, -0.2) is 4.98 Å². The van der Waals surface area contributed by atoms with E-state index >= 15 is 0 Å².